The van der Waals surface area contributed by atoms with Gasteiger partial charge in [0.2, 0.25) is 0 Å². The fraction of sp³-hybridized carbons (Fsp3) is 0.360. The lowest BCUT2D eigenvalue weighted by Gasteiger charge is -2.40. The number of halogens is 1. The van der Waals surface area contributed by atoms with Gasteiger partial charge in [-0.25, -0.2) is 9.97 Å². The molecule has 0 amide bonds. The van der Waals surface area contributed by atoms with Gasteiger partial charge in [-0.3, -0.25) is 4.90 Å². The molecule has 2 heterocycles. The van der Waals surface area contributed by atoms with Crippen molar-refractivity contribution in [2.45, 2.75) is 25.8 Å². The summed E-state index contributed by atoms with van der Waals surface area (Å²) in [5.41, 5.74) is 2.19. The number of ether oxygens (including phenoxy) is 1. The van der Waals surface area contributed by atoms with Crippen LogP contribution in [0.1, 0.15) is 30.8 Å². The second-order valence-electron chi connectivity index (χ2n) is 8.11. The smallest absolute Gasteiger partial charge is 0.137 e. The second kappa shape index (κ2) is 10.2. The summed E-state index contributed by atoms with van der Waals surface area (Å²) >= 11 is 6.31. The third-order valence-electron chi connectivity index (χ3n) is 5.81. The molecule has 1 atom stereocenters. The molecule has 168 valence electrons. The molecular formula is C25H30ClN5O. The van der Waals surface area contributed by atoms with Crippen LogP contribution in [0.2, 0.25) is 5.02 Å². The van der Waals surface area contributed by atoms with Crippen molar-refractivity contribution in [3.05, 3.63) is 71.0 Å². The second-order valence-corrected chi connectivity index (χ2v) is 8.51. The number of methoxy groups -OCH3 is 1. The Labute approximate surface area is 195 Å². The van der Waals surface area contributed by atoms with E-state index in [4.69, 9.17) is 26.3 Å². The highest BCUT2D eigenvalue weighted by Gasteiger charge is 2.27. The number of nitrogens with one attached hydrogen (secondary N) is 1. The Morgan fingerprint density at radius 3 is 2.62 bits per heavy atom. The zero-order chi connectivity index (χ0) is 22.5. The number of hydrogen-bond donors (Lipinski definition) is 1. The molecule has 1 fully saturated rings. The van der Waals surface area contributed by atoms with Crippen molar-refractivity contribution >= 4 is 28.9 Å². The summed E-state index contributed by atoms with van der Waals surface area (Å²) in [6.07, 6.45) is 1.83. The summed E-state index contributed by atoms with van der Waals surface area (Å²) in [5.74, 6) is 3.23. The monoisotopic (exact) mass is 451 g/mol. The third-order valence-corrected chi connectivity index (χ3v) is 6.11. The molecule has 1 aliphatic heterocycles. The maximum atomic E-state index is 6.31. The quantitative estimate of drug-likeness (QED) is 0.524. The topological polar surface area (TPSA) is 53.5 Å². The lowest BCUT2D eigenvalue weighted by Crippen LogP contribution is -2.47. The van der Waals surface area contributed by atoms with E-state index in [2.05, 4.69) is 59.4 Å². The van der Waals surface area contributed by atoms with E-state index in [1.807, 2.05) is 24.3 Å². The minimum absolute atomic E-state index is 0.325. The van der Waals surface area contributed by atoms with Crippen LogP contribution in [0.5, 0.6) is 5.75 Å². The van der Waals surface area contributed by atoms with E-state index in [1.54, 1.807) is 7.11 Å². The van der Waals surface area contributed by atoms with Crippen LogP contribution in [-0.2, 0) is 6.42 Å². The van der Waals surface area contributed by atoms with Gasteiger partial charge in [-0.05, 0) is 37.2 Å². The van der Waals surface area contributed by atoms with Crippen LogP contribution >= 0.6 is 11.6 Å². The molecule has 4 rings (SSSR count). The van der Waals surface area contributed by atoms with Crippen molar-refractivity contribution in [1.82, 2.24) is 14.9 Å². The Bertz CT molecular complexity index is 1050. The van der Waals surface area contributed by atoms with Gasteiger partial charge in [-0.15, -0.1) is 0 Å². The van der Waals surface area contributed by atoms with E-state index in [0.29, 0.717) is 16.8 Å². The van der Waals surface area contributed by atoms with E-state index in [9.17, 15) is 0 Å². The number of likely N-dealkylation sites (N-methyl/N-ethyl adjacent to an activating group) is 1. The summed E-state index contributed by atoms with van der Waals surface area (Å²) in [7, 11) is 3.80. The first-order chi connectivity index (χ1) is 15.6. The first kappa shape index (κ1) is 22.4. The number of piperazine rings is 1. The zero-order valence-corrected chi connectivity index (χ0v) is 19.6. The van der Waals surface area contributed by atoms with Gasteiger partial charge in [0.25, 0.3) is 0 Å². The summed E-state index contributed by atoms with van der Waals surface area (Å²) in [6.45, 7) is 4.93. The van der Waals surface area contributed by atoms with E-state index in [1.165, 1.54) is 5.56 Å². The lowest BCUT2D eigenvalue weighted by atomic mass is 10.0. The number of nitrogens with zero attached hydrogens (tertiary/aromatic N) is 4. The molecule has 6 nitrogen and oxygen atoms in total. The largest absolute Gasteiger partial charge is 0.495 e. The fourth-order valence-electron chi connectivity index (χ4n) is 4.05. The Morgan fingerprint density at radius 2 is 1.91 bits per heavy atom. The number of aryl methyl sites for hydroxylation is 1. The zero-order valence-electron chi connectivity index (χ0n) is 18.9. The van der Waals surface area contributed by atoms with Crippen molar-refractivity contribution in [3.63, 3.8) is 0 Å². The maximum absolute atomic E-state index is 6.31. The Kier molecular flexibility index (Phi) is 7.12. The Morgan fingerprint density at radius 1 is 1.09 bits per heavy atom. The van der Waals surface area contributed by atoms with E-state index in [-0.39, 0.29) is 0 Å². The molecule has 0 radical (unpaired) electrons. The van der Waals surface area contributed by atoms with Crippen LogP contribution in [0.15, 0.2) is 54.6 Å². The molecule has 0 spiro atoms. The van der Waals surface area contributed by atoms with Crippen molar-refractivity contribution in [2.24, 2.45) is 0 Å². The first-order valence-corrected chi connectivity index (χ1v) is 11.4. The van der Waals surface area contributed by atoms with Gasteiger partial charge in [0.05, 0.1) is 18.2 Å². The highest BCUT2D eigenvalue weighted by Crippen LogP contribution is 2.31. The van der Waals surface area contributed by atoms with Crippen molar-refractivity contribution in [3.8, 4) is 5.75 Å². The summed E-state index contributed by atoms with van der Waals surface area (Å²) in [6, 6.07) is 18.7. The van der Waals surface area contributed by atoms with Gasteiger partial charge in [0.1, 0.15) is 23.2 Å². The molecule has 0 aliphatic carbocycles. The minimum atomic E-state index is 0.325. The van der Waals surface area contributed by atoms with Crippen molar-refractivity contribution in [2.75, 3.05) is 44.0 Å². The third kappa shape index (κ3) is 5.14. The minimum Gasteiger partial charge on any atom is -0.495 e. The van der Waals surface area contributed by atoms with Gasteiger partial charge in [0, 0.05) is 37.8 Å². The molecule has 1 N–H and O–H groups in total. The molecule has 1 aliphatic rings. The van der Waals surface area contributed by atoms with E-state index >= 15 is 0 Å². The average Bonchev–Trinajstić information content (AvgIpc) is 2.80. The van der Waals surface area contributed by atoms with Crippen molar-refractivity contribution < 1.29 is 4.74 Å². The number of anilines is 3. The van der Waals surface area contributed by atoms with Gasteiger partial charge >= 0.3 is 0 Å². The molecule has 2 aromatic carbocycles. The van der Waals surface area contributed by atoms with Crippen LogP contribution in [0.4, 0.5) is 17.3 Å². The van der Waals surface area contributed by atoms with Gasteiger partial charge < -0.3 is 15.0 Å². The van der Waals surface area contributed by atoms with Crippen molar-refractivity contribution in [1.29, 1.82) is 0 Å². The Balaban J connectivity index is 1.60. The molecule has 1 aromatic heterocycles. The van der Waals surface area contributed by atoms with Crippen LogP contribution in [-0.4, -0.2) is 48.7 Å². The van der Waals surface area contributed by atoms with E-state index in [0.717, 1.165) is 55.6 Å². The summed E-state index contributed by atoms with van der Waals surface area (Å²) < 4.78 is 5.26. The number of rotatable bonds is 7. The maximum Gasteiger partial charge on any atom is 0.137 e. The van der Waals surface area contributed by atoms with Crippen LogP contribution in [0.3, 0.4) is 0 Å². The number of hydrogen-bond acceptors (Lipinski definition) is 6. The molecule has 0 saturated carbocycles. The highest BCUT2D eigenvalue weighted by atomic mass is 35.5. The molecule has 1 saturated heterocycles. The number of aromatic nitrogens is 2. The van der Waals surface area contributed by atoms with Gasteiger partial charge in [-0.1, -0.05) is 48.9 Å². The molecule has 1 unspecified atom stereocenters. The number of benzene rings is 2. The van der Waals surface area contributed by atoms with Gasteiger partial charge in [0.15, 0.2) is 0 Å². The molecule has 7 heteroatoms. The Hall–Kier alpha value is -2.83. The average molecular weight is 452 g/mol. The first-order valence-electron chi connectivity index (χ1n) is 11.1. The van der Waals surface area contributed by atoms with Crippen LogP contribution in [0.25, 0.3) is 0 Å². The highest BCUT2D eigenvalue weighted by molar-refractivity contribution is 6.32. The lowest BCUT2D eigenvalue weighted by molar-refractivity contribution is 0.220. The molecule has 32 heavy (non-hydrogen) atoms. The van der Waals surface area contributed by atoms with E-state index < -0.39 is 0 Å². The van der Waals surface area contributed by atoms with Gasteiger partial charge in [-0.2, -0.15) is 0 Å². The normalized spacial score (nSPS) is 16.8. The predicted molar refractivity (Wildman–Crippen MR) is 131 cm³/mol. The SMILES string of the molecule is CCCc1nc(Nc2ccc(OC)c(Cl)c2)cc(N2CCN(C)C(c3ccccc3)C2)n1. The van der Waals surface area contributed by atoms with Crippen LogP contribution in [0, 0.1) is 0 Å². The molecule has 0 bridgehead atoms. The molecule has 3 aromatic rings. The summed E-state index contributed by atoms with van der Waals surface area (Å²) in [4.78, 5) is 14.4. The predicted octanol–water partition coefficient (Wildman–Crippen LogP) is 5.33. The molecular weight excluding hydrogens is 422 g/mol. The summed E-state index contributed by atoms with van der Waals surface area (Å²) in [5, 5.41) is 3.96. The standard InChI is InChI=1S/C25H30ClN5O/c1-4-8-23-28-24(27-19-11-12-22(32-3)20(26)15-19)16-25(29-23)31-14-13-30(2)21(17-31)18-9-6-5-7-10-18/h5-7,9-12,15-16,21H,4,8,13-14,17H2,1-3H3,(H,27,28,29). The van der Waals surface area contributed by atoms with Crippen LogP contribution < -0.4 is 15.0 Å². The fourth-order valence-corrected chi connectivity index (χ4v) is 4.31.